The van der Waals surface area contributed by atoms with Gasteiger partial charge in [-0.1, -0.05) is 59.4 Å². The van der Waals surface area contributed by atoms with Gasteiger partial charge in [-0.2, -0.15) is 0 Å². The second-order valence-corrected chi connectivity index (χ2v) is 8.69. The fourth-order valence-electron chi connectivity index (χ4n) is 2.85. The van der Waals surface area contributed by atoms with Crippen molar-refractivity contribution < 1.29 is 14.6 Å². The molecule has 0 bridgehead atoms. The van der Waals surface area contributed by atoms with Crippen molar-refractivity contribution >= 4 is 17.7 Å². The molecule has 3 nitrogen and oxygen atoms in total. The van der Waals surface area contributed by atoms with Crippen molar-refractivity contribution in [2.75, 3.05) is 12.4 Å². The Morgan fingerprint density at radius 3 is 2.50 bits per heavy atom. The molecular weight excluding hydrogens is 344 g/mol. The van der Waals surface area contributed by atoms with Crippen LogP contribution in [0, 0.1) is 0 Å². The van der Waals surface area contributed by atoms with E-state index in [1.807, 2.05) is 0 Å². The van der Waals surface area contributed by atoms with Gasteiger partial charge in [-0.25, -0.2) is 0 Å². The van der Waals surface area contributed by atoms with E-state index in [0.717, 1.165) is 35.8 Å². The summed E-state index contributed by atoms with van der Waals surface area (Å²) in [6.45, 7) is 9.76. The van der Waals surface area contributed by atoms with Gasteiger partial charge in [0, 0.05) is 11.3 Å². The summed E-state index contributed by atoms with van der Waals surface area (Å²) in [7, 11) is 0. The van der Waals surface area contributed by atoms with Crippen LogP contribution in [-0.4, -0.2) is 23.4 Å². The topological polar surface area (TPSA) is 46.5 Å². The molecule has 1 N–H and O–H groups in total. The van der Waals surface area contributed by atoms with Crippen LogP contribution < -0.4 is 4.74 Å². The first-order valence-corrected chi connectivity index (χ1v) is 11.0. The largest absolute Gasteiger partial charge is 0.492 e. The van der Waals surface area contributed by atoms with Crippen LogP contribution in [0.3, 0.4) is 0 Å². The summed E-state index contributed by atoms with van der Waals surface area (Å²) in [6, 6.07) is 6.57. The number of carbonyl (C=O) groups is 1. The molecule has 0 heterocycles. The Morgan fingerprint density at radius 2 is 1.85 bits per heavy atom. The molecule has 0 aromatic heterocycles. The Kier molecular flexibility index (Phi) is 10.8. The number of hydrogen-bond donors (Lipinski definition) is 1. The molecule has 0 aliphatic carbocycles. The highest BCUT2D eigenvalue weighted by Crippen LogP contribution is 2.37. The van der Waals surface area contributed by atoms with Crippen molar-refractivity contribution in [2.45, 2.75) is 89.4 Å². The predicted molar refractivity (Wildman–Crippen MR) is 112 cm³/mol. The van der Waals surface area contributed by atoms with Crippen molar-refractivity contribution in [3.8, 4) is 5.75 Å². The molecule has 0 saturated carbocycles. The predicted octanol–water partition coefficient (Wildman–Crippen LogP) is 6.68. The summed E-state index contributed by atoms with van der Waals surface area (Å²) in [4.78, 5) is 11.9. The quantitative estimate of drug-likeness (QED) is 0.289. The number of thioether (sulfide) groups is 1. The second kappa shape index (κ2) is 12.3. The van der Waals surface area contributed by atoms with Gasteiger partial charge in [-0.05, 0) is 48.1 Å². The van der Waals surface area contributed by atoms with Crippen LogP contribution in [0.15, 0.2) is 23.1 Å². The number of ether oxygens (including phenoxy) is 1. The highest BCUT2D eigenvalue weighted by Gasteiger charge is 2.21. The zero-order valence-electron chi connectivity index (χ0n) is 17.0. The van der Waals surface area contributed by atoms with Gasteiger partial charge in [0.1, 0.15) is 5.75 Å². The lowest BCUT2D eigenvalue weighted by Crippen LogP contribution is -2.17. The number of carboxylic acid groups (broad SMARTS) is 1. The molecule has 0 amide bonds. The van der Waals surface area contributed by atoms with Crippen molar-refractivity contribution in [2.24, 2.45) is 0 Å². The summed E-state index contributed by atoms with van der Waals surface area (Å²) >= 11 is 1.72. The first-order valence-electron chi connectivity index (χ1n) is 10.0. The molecule has 148 valence electrons. The first kappa shape index (κ1) is 22.9. The minimum absolute atomic E-state index is 0.146. The van der Waals surface area contributed by atoms with Crippen LogP contribution in [0.2, 0.25) is 0 Å². The van der Waals surface area contributed by atoms with Gasteiger partial charge in [0.25, 0.3) is 0 Å². The number of aliphatic carboxylic acids is 1. The van der Waals surface area contributed by atoms with Gasteiger partial charge in [-0.3, -0.25) is 4.79 Å². The van der Waals surface area contributed by atoms with Crippen molar-refractivity contribution in [3.63, 3.8) is 0 Å². The van der Waals surface area contributed by atoms with Gasteiger partial charge < -0.3 is 9.84 Å². The maximum absolute atomic E-state index is 10.7. The standard InChI is InChI=1S/C22H36O3S/c1-5-7-9-14-22(3,4)18-12-13-19(25-15-8-6-2)20(17-18)26-16-10-11-21(23)24/h12-13,17H,5-11,14-16H2,1-4H3,(H,23,24). The van der Waals surface area contributed by atoms with Crippen molar-refractivity contribution in [1.82, 2.24) is 0 Å². The summed E-state index contributed by atoms with van der Waals surface area (Å²) in [5.74, 6) is 1.01. The Morgan fingerprint density at radius 1 is 1.12 bits per heavy atom. The monoisotopic (exact) mass is 380 g/mol. The molecule has 1 aromatic carbocycles. The van der Waals surface area contributed by atoms with Crippen LogP contribution >= 0.6 is 11.8 Å². The average Bonchev–Trinajstić information content (AvgIpc) is 2.59. The Hall–Kier alpha value is -1.16. The molecule has 0 spiro atoms. The SMILES string of the molecule is CCCCCC(C)(C)c1ccc(OCCCC)c(SCCCC(=O)O)c1. The maximum Gasteiger partial charge on any atom is 0.303 e. The molecule has 0 unspecified atom stereocenters. The highest BCUT2D eigenvalue weighted by atomic mass is 32.2. The third-order valence-electron chi connectivity index (χ3n) is 4.68. The van der Waals surface area contributed by atoms with E-state index in [4.69, 9.17) is 9.84 Å². The van der Waals surface area contributed by atoms with Gasteiger partial charge in [0.15, 0.2) is 0 Å². The maximum atomic E-state index is 10.7. The molecule has 0 fully saturated rings. The molecule has 26 heavy (non-hydrogen) atoms. The third kappa shape index (κ3) is 8.48. The Balaban J connectivity index is 2.85. The van der Waals surface area contributed by atoms with E-state index in [2.05, 4.69) is 45.9 Å². The molecule has 1 aromatic rings. The lowest BCUT2D eigenvalue weighted by molar-refractivity contribution is -0.137. The van der Waals surface area contributed by atoms with Crippen LogP contribution in [0.25, 0.3) is 0 Å². The van der Waals surface area contributed by atoms with E-state index in [9.17, 15) is 4.79 Å². The highest BCUT2D eigenvalue weighted by molar-refractivity contribution is 7.99. The normalized spacial score (nSPS) is 11.5. The second-order valence-electron chi connectivity index (χ2n) is 7.55. The van der Waals surface area contributed by atoms with E-state index >= 15 is 0 Å². The molecule has 0 saturated heterocycles. The number of unbranched alkanes of at least 4 members (excludes halogenated alkanes) is 3. The van der Waals surface area contributed by atoms with Crippen LogP contribution in [0.4, 0.5) is 0 Å². The zero-order valence-corrected chi connectivity index (χ0v) is 17.8. The Labute approximate surface area is 163 Å². The lowest BCUT2D eigenvalue weighted by Gasteiger charge is -2.26. The minimum atomic E-state index is -0.726. The molecule has 1 rings (SSSR count). The molecule has 4 heteroatoms. The van der Waals surface area contributed by atoms with Crippen molar-refractivity contribution in [3.05, 3.63) is 23.8 Å². The summed E-state index contributed by atoms with van der Waals surface area (Å²) in [5.41, 5.74) is 1.49. The number of hydrogen-bond acceptors (Lipinski definition) is 3. The molecule has 0 radical (unpaired) electrons. The van der Waals surface area contributed by atoms with Gasteiger partial charge in [0.05, 0.1) is 6.61 Å². The molecule has 0 aliphatic heterocycles. The van der Waals surface area contributed by atoms with Gasteiger partial charge >= 0.3 is 5.97 Å². The molecular formula is C22H36O3S. The number of rotatable bonds is 14. The van der Waals surface area contributed by atoms with Crippen LogP contribution in [0.5, 0.6) is 5.75 Å². The number of benzene rings is 1. The Bertz CT molecular complexity index is 540. The van der Waals surface area contributed by atoms with Gasteiger partial charge in [0.2, 0.25) is 0 Å². The molecule has 0 atom stereocenters. The van der Waals surface area contributed by atoms with Crippen LogP contribution in [0.1, 0.15) is 84.6 Å². The lowest BCUT2D eigenvalue weighted by atomic mass is 9.80. The van der Waals surface area contributed by atoms with E-state index in [0.29, 0.717) is 6.42 Å². The summed E-state index contributed by atoms with van der Waals surface area (Å²) < 4.78 is 5.98. The average molecular weight is 381 g/mol. The van der Waals surface area contributed by atoms with Gasteiger partial charge in [-0.15, -0.1) is 11.8 Å². The van der Waals surface area contributed by atoms with Crippen LogP contribution in [-0.2, 0) is 10.2 Å². The smallest absolute Gasteiger partial charge is 0.303 e. The van der Waals surface area contributed by atoms with E-state index < -0.39 is 5.97 Å². The summed E-state index contributed by atoms with van der Waals surface area (Å²) in [6.07, 6.45) is 8.01. The third-order valence-corrected chi connectivity index (χ3v) is 5.80. The van der Waals surface area contributed by atoms with E-state index in [-0.39, 0.29) is 11.8 Å². The van der Waals surface area contributed by atoms with Crippen molar-refractivity contribution in [1.29, 1.82) is 0 Å². The zero-order chi connectivity index (χ0) is 19.4. The van der Waals surface area contributed by atoms with E-state index in [1.165, 1.54) is 31.2 Å². The van der Waals surface area contributed by atoms with E-state index in [1.54, 1.807) is 11.8 Å². The fourth-order valence-corrected chi connectivity index (χ4v) is 3.84. The fraction of sp³-hybridized carbons (Fsp3) is 0.682. The number of carboxylic acids is 1. The minimum Gasteiger partial charge on any atom is -0.492 e. The molecule has 0 aliphatic rings. The summed E-state index contributed by atoms with van der Waals surface area (Å²) in [5, 5.41) is 8.83. The first-order chi connectivity index (χ1) is 12.4.